The molecule has 0 saturated carbocycles. The van der Waals surface area contributed by atoms with Crippen LogP contribution in [-0.4, -0.2) is 20.6 Å². The summed E-state index contributed by atoms with van der Waals surface area (Å²) in [5, 5.41) is 12.9. The van der Waals surface area contributed by atoms with E-state index < -0.39 is 17.8 Å². The molecule has 0 aliphatic carbocycles. The molecule has 10 heteroatoms. The van der Waals surface area contributed by atoms with Crippen LogP contribution < -0.4 is 10.6 Å². The average Bonchev–Trinajstić information content (AvgIpc) is 3.18. The number of alkyl halides is 3. The topological polar surface area (TPSA) is 82.7 Å². The van der Waals surface area contributed by atoms with E-state index in [2.05, 4.69) is 25.2 Å². The number of halogens is 3. The molecule has 1 aromatic carbocycles. The highest BCUT2D eigenvalue weighted by Gasteiger charge is 2.30. The van der Waals surface area contributed by atoms with Gasteiger partial charge in [0.05, 0.1) is 23.1 Å². The summed E-state index contributed by atoms with van der Waals surface area (Å²) in [7, 11) is 0. The zero-order valence-electron chi connectivity index (χ0n) is 11.9. The second-order valence-corrected chi connectivity index (χ2v) is 5.35. The molecular formula is C14H10F3N5OS. The lowest BCUT2D eigenvalue weighted by molar-refractivity contribution is -0.137. The van der Waals surface area contributed by atoms with Gasteiger partial charge in [0.15, 0.2) is 0 Å². The zero-order valence-corrected chi connectivity index (χ0v) is 12.7. The molecule has 3 aromatic rings. The Labute approximate surface area is 137 Å². The number of nitrogens with zero attached hydrogens (tertiary/aromatic N) is 2. The zero-order chi connectivity index (χ0) is 17.2. The molecule has 0 saturated heterocycles. The van der Waals surface area contributed by atoms with Crippen molar-refractivity contribution < 1.29 is 18.0 Å². The molecule has 2 heterocycles. The Hall–Kier alpha value is -2.88. The van der Waals surface area contributed by atoms with Crippen molar-refractivity contribution >= 4 is 28.9 Å². The van der Waals surface area contributed by atoms with Crippen molar-refractivity contribution in [3.63, 3.8) is 0 Å². The lowest BCUT2D eigenvalue weighted by atomic mass is 10.1. The van der Waals surface area contributed by atoms with Crippen LogP contribution in [0.4, 0.5) is 29.3 Å². The third-order valence-corrected chi connectivity index (χ3v) is 3.67. The molecule has 0 atom stereocenters. The number of benzene rings is 1. The van der Waals surface area contributed by atoms with Crippen molar-refractivity contribution in [2.45, 2.75) is 6.18 Å². The SMILES string of the molecule is O=C(Nc1cn[nH]c1)Nc1csnc1-c1cccc(C(F)(F)F)c1. The number of amides is 2. The first-order valence-corrected chi connectivity index (χ1v) is 7.46. The fourth-order valence-corrected chi connectivity index (χ4v) is 2.62. The molecule has 0 aliphatic rings. The van der Waals surface area contributed by atoms with Gasteiger partial charge in [0.2, 0.25) is 0 Å². The van der Waals surface area contributed by atoms with Crippen molar-refractivity contribution in [3.05, 3.63) is 47.6 Å². The standard InChI is InChI=1S/C14H10F3N5OS/c15-14(16,17)9-3-1-2-8(4-9)12-11(7-24-22-12)21-13(23)20-10-5-18-19-6-10/h1-7H,(H,18,19)(H2,20,21,23). The summed E-state index contributed by atoms with van der Waals surface area (Å²) in [6.45, 7) is 0. The molecule has 6 nitrogen and oxygen atoms in total. The minimum Gasteiger partial charge on any atom is -0.305 e. The summed E-state index contributed by atoms with van der Waals surface area (Å²) in [6, 6.07) is 4.23. The molecule has 124 valence electrons. The fraction of sp³-hybridized carbons (Fsp3) is 0.0714. The van der Waals surface area contributed by atoms with Crippen LogP contribution in [0, 0.1) is 0 Å². The van der Waals surface area contributed by atoms with E-state index in [-0.39, 0.29) is 11.3 Å². The van der Waals surface area contributed by atoms with Crippen LogP contribution in [0.3, 0.4) is 0 Å². The number of nitrogens with one attached hydrogen (secondary N) is 3. The van der Waals surface area contributed by atoms with Gasteiger partial charge in [-0.3, -0.25) is 5.10 Å². The predicted molar refractivity (Wildman–Crippen MR) is 83.8 cm³/mol. The number of hydrogen-bond donors (Lipinski definition) is 3. The van der Waals surface area contributed by atoms with Gasteiger partial charge in [0, 0.05) is 17.1 Å². The third-order valence-electron chi connectivity index (χ3n) is 3.04. The van der Waals surface area contributed by atoms with Gasteiger partial charge >= 0.3 is 12.2 Å². The van der Waals surface area contributed by atoms with Crippen molar-refractivity contribution in [3.8, 4) is 11.3 Å². The second kappa shape index (κ2) is 6.32. The Morgan fingerprint density at radius 3 is 2.79 bits per heavy atom. The van der Waals surface area contributed by atoms with E-state index in [1.54, 1.807) is 5.38 Å². The molecule has 2 aromatic heterocycles. The highest BCUT2D eigenvalue weighted by Crippen LogP contribution is 2.34. The minimum atomic E-state index is -4.45. The second-order valence-electron chi connectivity index (χ2n) is 4.72. The molecule has 0 unspecified atom stereocenters. The Morgan fingerprint density at radius 1 is 1.25 bits per heavy atom. The van der Waals surface area contributed by atoms with E-state index in [0.717, 1.165) is 23.7 Å². The lowest BCUT2D eigenvalue weighted by Crippen LogP contribution is -2.19. The maximum Gasteiger partial charge on any atom is 0.416 e. The summed E-state index contributed by atoms with van der Waals surface area (Å²) in [5.41, 5.74) is 0.538. The van der Waals surface area contributed by atoms with E-state index in [1.165, 1.54) is 24.5 Å². The maximum absolute atomic E-state index is 12.8. The van der Waals surface area contributed by atoms with E-state index in [1.807, 2.05) is 0 Å². The van der Waals surface area contributed by atoms with Gasteiger partial charge in [-0.2, -0.15) is 22.6 Å². The van der Waals surface area contributed by atoms with E-state index in [9.17, 15) is 18.0 Å². The van der Waals surface area contributed by atoms with Crippen LogP contribution in [0.15, 0.2) is 42.0 Å². The molecule has 3 rings (SSSR count). The first-order chi connectivity index (χ1) is 11.4. The largest absolute Gasteiger partial charge is 0.416 e. The van der Waals surface area contributed by atoms with Crippen LogP contribution in [-0.2, 0) is 6.18 Å². The molecule has 3 N–H and O–H groups in total. The van der Waals surface area contributed by atoms with Gasteiger partial charge in [-0.15, -0.1) is 0 Å². The van der Waals surface area contributed by atoms with Gasteiger partial charge in [0.25, 0.3) is 0 Å². The molecular weight excluding hydrogens is 343 g/mol. The Morgan fingerprint density at radius 2 is 2.08 bits per heavy atom. The quantitative estimate of drug-likeness (QED) is 0.660. The van der Waals surface area contributed by atoms with Gasteiger partial charge in [-0.25, -0.2) is 4.79 Å². The predicted octanol–water partition coefficient (Wildman–Crippen LogP) is 4.20. The molecule has 24 heavy (non-hydrogen) atoms. The van der Waals surface area contributed by atoms with Crippen LogP contribution in [0.25, 0.3) is 11.3 Å². The average molecular weight is 353 g/mol. The first-order valence-electron chi connectivity index (χ1n) is 6.62. The number of carbonyl (C=O) groups is 1. The molecule has 0 radical (unpaired) electrons. The molecule has 0 spiro atoms. The number of hydrogen-bond acceptors (Lipinski definition) is 4. The number of carbonyl (C=O) groups excluding carboxylic acids is 1. The number of anilines is 2. The van der Waals surface area contributed by atoms with Crippen molar-refractivity contribution in [2.24, 2.45) is 0 Å². The molecule has 2 amide bonds. The lowest BCUT2D eigenvalue weighted by Gasteiger charge is -2.09. The Kier molecular flexibility index (Phi) is 4.21. The number of aromatic amines is 1. The normalized spacial score (nSPS) is 11.3. The van der Waals surface area contributed by atoms with Crippen molar-refractivity contribution in [2.75, 3.05) is 10.6 Å². The molecule has 0 fully saturated rings. The molecule has 0 aliphatic heterocycles. The summed E-state index contributed by atoms with van der Waals surface area (Å²) >= 11 is 1.03. The summed E-state index contributed by atoms with van der Waals surface area (Å²) in [6.07, 6.45) is -1.55. The van der Waals surface area contributed by atoms with E-state index in [0.29, 0.717) is 11.4 Å². The van der Waals surface area contributed by atoms with Crippen LogP contribution in [0.1, 0.15) is 5.56 Å². The van der Waals surface area contributed by atoms with Crippen LogP contribution >= 0.6 is 11.5 Å². The van der Waals surface area contributed by atoms with Crippen LogP contribution in [0.5, 0.6) is 0 Å². The third kappa shape index (κ3) is 3.54. The van der Waals surface area contributed by atoms with Gasteiger partial charge in [-0.1, -0.05) is 12.1 Å². The Balaban J connectivity index is 1.82. The van der Waals surface area contributed by atoms with E-state index in [4.69, 9.17) is 0 Å². The Bertz CT molecular complexity index is 844. The van der Waals surface area contributed by atoms with Gasteiger partial charge in [0.1, 0.15) is 5.69 Å². The smallest absolute Gasteiger partial charge is 0.305 e. The van der Waals surface area contributed by atoms with Gasteiger partial charge < -0.3 is 10.6 Å². The first kappa shape index (κ1) is 16.0. The highest BCUT2D eigenvalue weighted by molar-refractivity contribution is 7.04. The number of urea groups is 1. The number of H-pyrrole nitrogens is 1. The summed E-state index contributed by atoms with van der Waals surface area (Å²) in [5.74, 6) is 0. The highest BCUT2D eigenvalue weighted by atomic mass is 32.1. The molecule has 0 bridgehead atoms. The number of rotatable bonds is 3. The van der Waals surface area contributed by atoms with E-state index >= 15 is 0 Å². The monoisotopic (exact) mass is 353 g/mol. The minimum absolute atomic E-state index is 0.268. The maximum atomic E-state index is 12.8. The van der Waals surface area contributed by atoms with Crippen molar-refractivity contribution in [1.82, 2.24) is 14.6 Å². The summed E-state index contributed by atoms with van der Waals surface area (Å²) < 4.78 is 42.5. The number of aromatic nitrogens is 3. The van der Waals surface area contributed by atoms with Crippen LogP contribution in [0.2, 0.25) is 0 Å². The van der Waals surface area contributed by atoms with Gasteiger partial charge in [-0.05, 0) is 23.7 Å². The summed E-state index contributed by atoms with van der Waals surface area (Å²) in [4.78, 5) is 11.9. The van der Waals surface area contributed by atoms with Crippen molar-refractivity contribution in [1.29, 1.82) is 0 Å². The fourth-order valence-electron chi connectivity index (χ4n) is 1.98.